The van der Waals surface area contributed by atoms with E-state index >= 15 is 0 Å². The Morgan fingerprint density at radius 1 is 1.14 bits per heavy atom. The number of hydrogen-bond donors (Lipinski definition) is 2. The van der Waals surface area contributed by atoms with Crippen LogP contribution in [0.25, 0.3) is 0 Å². The Kier molecular flexibility index (Phi) is 6.78. The van der Waals surface area contributed by atoms with Crippen molar-refractivity contribution in [2.24, 2.45) is 0 Å². The molecule has 0 saturated carbocycles. The number of hydrogen-bond acceptors (Lipinski definition) is 6. The molecule has 2 N–H and O–H groups in total. The summed E-state index contributed by atoms with van der Waals surface area (Å²) >= 11 is 0. The first kappa shape index (κ1) is 22.5. The third kappa shape index (κ3) is 5.20. The number of ether oxygens (including phenoxy) is 1. The summed E-state index contributed by atoms with van der Waals surface area (Å²) in [5.74, 6) is -0.469. The summed E-state index contributed by atoms with van der Waals surface area (Å²) in [5, 5.41) is 2.57. The third-order valence-electron chi connectivity index (χ3n) is 4.20. The number of nitrogens with one attached hydrogen (secondary N) is 2. The van der Waals surface area contributed by atoms with E-state index in [2.05, 4.69) is 15.3 Å². The van der Waals surface area contributed by atoms with Gasteiger partial charge in [0.2, 0.25) is 5.88 Å². The lowest BCUT2D eigenvalue weighted by Crippen LogP contribution is -2.35. The van der Waals surface area contributed by atoms with E-state index in [1.807, 2.05) is 32.4 Å². The fourth-order valence-electron chi connectivity index (χ4n) is 2.79. The van der Waals surface area contributed by atoms with E-state index in [9.17, 15) is 17.6 Å². The molecule has 0 saturated heterocycles. The highest BCUT2D eigenvalue weighted by Gasteiger charge is 2.25. The highest BCUT2D eigenvalue weighted by atomic mass is 32.2. The first-order valence-corrected chi connectivity index (χ1v) is 10.5. The van der Waals surface area contributed by atoms with Gasteiger partial charge in [0.05, 0.1) is 13.3 Å². The van der Waals surface area contributed by atoms with Crippen molar-refractivity contribution in [2.75, 3.05) is 12.4 Å². The predicted molar refractivity (Wildman–Crippen MR) is 107 cm³/mol. The van der Waals surface area contributed by atoms with Crippen LogP contribution in [0.15, 0.2) is 23.2 Å². The fourth-order valence-corrected chi connectivity index (χ4v) is 3.75. The summed E-state index contributed by atoms with van der Waals surface area (Å²) in [7, 11) is -3.03. The van der Waals surface area contributed by atoms with E-state index in [-0.39, 0.29) is 22.6 Å². The Bertz CT molecular complexity index is 994. The largest absolute Gasteiger partial charge is 0.480 e. The van der Waals surface area contributed by atoms with E-state index in [1.165, 1.54) is 19.2 Å². The molecule has 0 atom stereocenters. The molecular formula is C19H25FN4O4S. The molecule has 0 aliphatic carbocycles. The van der Waals surface area contributed by atoms with Crippen LogP contribution in [0.2, 0.25) is 0 Å². The summed E-state index contributed by atoms with van der Waals surface area (Å²) in [6, 6.07) is 1.68. The quantitative estimate of drug-likeness (QED) is 0.732. The van der Waals surface area contributed by atoms with Gasteiger partial charge in [-0.2, -0.15) is 4.98 Å². The van der Waals surface area contributed by atoms with E-state index in [1.54, 1.807) is 6.92 Å². The summed E-state index contributed by atoms with van der Waals surface area (Å²) in [6.45, 7) is 9.00. The van der Waals surface area contributed by atoms with Crippen LogP contribution in [0.4, 0.5) is 14.9 Å². The number of aromatic nitrogens is 2. The maximum Gasteiger partial charge on any atom is 0.333 e. The van der Waals surface area contributed by atoms with Crippen molar-refractivity contribution in [1.29, 1.82) is 0 Å². The number of methoxy groups -OCH3 is 1. The number of halogens is 1. The Balaban J connectivity index is 2.39. The highest BCUT2D eigenvalue weighted by molar-refractivity contribution is 7.90. The van der Waals surface area contributed by atoms with Crippen LogP contribution in [-0.2, 0) is 10.0 Å². The maximum atomic E-state index is 14.0. The van der Waals surface area contributed by atoms with Gasteiger partial charge >= 0.3 is 6.03 Å². The van der Waals surface area contributed by atoms with Crippen LogP contribution < -0.4 is 14.8 Å². The number of benzene rings is 1. The van der Waals surface area contributed by atoms with Crippen molar-refractivity contribution in [1.82, 2.24) is 14.7 Å². The average Bonchev–Trinajstić information content (AvgIpc) is 2.61. The van der Waals surface area contributed by atoms with Gasteiger partial charge in [-0.1, -0.05) is 27.7 Å². The summed E-state index contributed by atoms with van der Waals surface area (Å²) in [4.78, 5) is 19.9. The van der Waals surface area contributed by atoms with Gasteiger partial charge in [0, 0.05) is 5.69 Å². The number of carbonyl (C=O) groups is 1. The highest BCUT2D eigenvalue weighted by Crippen LogP contribution is 2.33. The zero-order valence-electron chi connectivity index (χ0n) is 17.2. The van der Waals surface area contributed by atoms with Gasteiger partial charge in [0.25, 0.3) is 10.0 Å². The molecule has 0 aliphatic rings. The topological polar surface area (TPSA) is 110 Å². The molecule has 0 unspecified atom stereocenters. The van der Waals surface area contributed by atoms with Crippen LogP contribution in [0.1, 0.15) is 56.5 Å². The number of urea groups is 1. The maximum absolute atomic E-state index is 14.0. The minimum absolute atomic E-state index is 0.0966. The molecule has 0 aliphatic heterocycles. The fraction of sp³-hybridized carbons (Fsp3) is 0.421. The predicted octanol–water partition coefficient (Wildman–Crippen LogP) is 3.69. The molecule has 8 nitrogen and oxygen atoms in total. The molecule has 0 bridgehead atoms. The first-order valence-electron chi connectivity index (χ1n) is 9.01. The number of rotatable bonds is 6. The lowest BCUT2D eigenvalue weighted by Gasteiger charge is -2.20. The van der Waals surface area contributed by atoms with Crippen molar-refractivity contribution < 1.29 is 22.3 Å². The van der Waals surface area contributed by atoms with Crippen molar-refractivity contribution >= 4 is 21.7 Å². The second-order valence-corrected chi connectivity index (χ2v) is 8.77. The molecule has 0 spiro atoms. The number of anilines is 1. The molecule has 158 valence electrons. The molecule has 1 aromatic heterocycles. The van der Waals surface area contributed by atoms with Crippen LogP contribution in [-0.4, -0.2) is 31.5 Å². The molecule has 2 aromatic rings. The van der Waals surface area contributed by atoms with Crippen LogP contribution in [0, 0.1) is 12.7 Å². The van der Waals surface area contributed by atoms with Gasteiger partial charge < -0.3 is 10.1 Å². The standard InChI is InChI=1S/C19H25FN4O4S/c1-10(2)14-7-13(20)8-15(11(3)4)17(14)23-19(25)24-29(26,27)16-9-21-12(5)22-18(16)28-6/h7-11H,1-6H3,(H2,23,24,25). The van der Waals surface area contributed by atoms with Gasteiger partial charge in [-0.05, 0) is 42.0 Å². The van der Waals surface area contributed by atoms with E-state index in [0.717, 1.165) is 6.20 Å². The SMILES string of the molecule is COc1nc(C)ncc1S(=O)(=O)NC(=O)Nc1c(C(C)C)cc(F)cc1C(C)C. The average molecular weight is 424 g/mol. The Morgan fingerprint density at radius 3 is 2.17 bits per heavy atom. The monoisotopic (exact) mass is 424 g/mol. The molecule has 10 heteroatoms. The molecule has 29 heavy (non-hydrogen) atoms. The molecule has 2 amide bonds. The lowest BCUT2D eigenvalue weighted by molar-refractivity contribution is 0.256. The number of aryl methyl sites for hydroxylation is 1. The molecular weight excluding hydrogens is 399 g/mol. The Labute approximate surface area is 170 Å². The Hall–Kier alpha value is -2.75. The number of nitrogens with zero attached hydrogens (tertiary/aromatic N) is 2. The lowest BCUT2D eigenvalue weighted by atomic mass is 9.92. The second kappa shape index (κ2) is 8.73. The Morgan fingerprint density at radius 2 is 1.69 bits per heavy atom. The summed E-state index contributed by atoms with van der Waals surface area (Å²) < 4.78 is 46.2. The molecule has 1 heterocycles. The molecule has 1 aromatic carbocycles. The van der Waals surface area contributed by atoms with Crippen molar-refractivity contribution in [3.63, 3.8) is 0 Å². The number of sulfonamides is 1. The number of amides is 2. The van der Waals surface area contributed by atoms with E-state index in [0.29, 0.717) is 22.6 Å². The number of carbonyl (C=O) groups excluding carboxylic acids is 1. The minimum Gasteiger partial charge on any atom is -0.480 e. The smallest absolute Gasteiger partial charge is 0.333 e. The zero-order chi connectivity index (χ0) is 21.9. The summed E-state index contributed by atoms with van der Waals surface area (Å²) in [6.07, 6.45) is 1.06. The van der Waals surface area contributed by atoms with Crippen molar-refractivity contribution in [3.8, 4) is 5.88 Å². The van der Waals surface area contributed by atoms with Gasteiger partial charge in [-0.25, -0.2) is 27.3 Å². The van der Waals surface area contributed by atoms with Gasteiger partial charge in [0.15, 0.2) is 4.90 Å². The van der Waals surface area contributed by atoms with Crippen LogP contribution in [0.3, 0.4) is 0 Å². The van der Waals surface area contributed by atoms with Crippen molar-refractivity contribution in [3.05, 3.63) is 41.1 Å². The first-order chi connectivity index (χ1) is 13.5. The molecule has 0 fully saturated rings. The van der Waals surface area contributed by atoms with Crippen molar-refractivity contribution in [2.45, 2.75) is 51.3 Å². The van der Waals surface area contributed by atoms with Gasteiger partial charge in [0.1, 0.15) is 11.6 Å². The molecule has 0 radical (unpaired) electrons. The van der Waals surface area contributed by atoms with E-state index < -0.39 is 21.9 Å². The second-order valence-electron chi connectivity index (χ2n) is 7.12. The normalized spacial score (nSPS) is 11.6. The molecule has 2 rings (SSSR count). The van der Waals surface area contributed by atoms with Gasteiger partial charge in [-0.3, -0.25) is 0 Å². The summed E-state index contributed by atoms with van der Waals surface area (Å²) in [5.41, 5.74) is 1.52. The van der Waals surface area contributed by atoms with Gasteiger partial charge in [-0.15, -0.1) is 0 Å². The van der Waals surface area contributed by atoms with Crippen LogP contribution >= 0.6 is 0 Å². The van der Waals surface area contributed by atoms with E-state index in [4.69, 9.17) is 4.74 Å². The zero-order valence-corrected chi connectivity index (χ0v) is 18.0. The minimum atomic E-state index is -4.30. The third-order valence-corrected chi connectivity index (χ3v) is 5.51. The van der Waals surface area contributed by atoms with Crippen LogP contribution in [0.5, 0.6) is 5.88 Å².